The summed E-state index contributed by atoms with van der Waals surface area (Å²) in [5.74, 6) is -8.94. The first-order chi connectivity index (χ1) is 51.3. The van der Waals surface area contributed by atoms with Gasteiger partial charge in [0.15, 0.2) is 6.61 Å². The highest BCUT2D eigenvalue weighted by Gasteiger charge is 2.37. The van der Waals surface area contributed by atoms with Crippen molar-refractivity contribution in [2.24, 2.45) is 81.2 Å². The quantitative estimate of drug-likeness (QED) is 0.00657. The van der Waals surface area contributed by atoms with Crippen LogP contribution in [0, 0.1) is 95.7 Å². The smallest absolute Gasteiger partial charge is 0.313 e. The number of aliphatic hydroxyl groups excluding tert-OH is 2. The van der Waals surface area contributed by atoms with E-state index in [0.717, 1.165) is 0 Å². The summed E-state index contributed by atoms with van der Waals surface area (Å²) >= 11 is 0. The third kappa shape index (κ3) is 52.0. The van der Waals surface area contributed by atoms with Crippen LogP contribution in [0.25, 0.3) is 20.9 Å². The van der Waals surface area contributed by atoms with Gasteiger partial charge in [-0.3, -0.25) is 57.5 Å². The standard InChI is InChI=1S/C18H30FNO6P2.C16H29FN4O6P2.C16H29FN4O5P2.C16H26FNO5P2/c1-6-8-15(21)11-25-18(24)13(7-2)10-14(16(22)20(4)5)9-12(3)17(23)26-28(19)27;1-5-11(16(25)26-9-13(22)8-19-20-18)7-12(14(23)21(3)4)6-10(2)15(24)27-29(17)28;1-5-12(16(24)25-8-6-7-19-20-18)10-13(14(22)21(3)4)9-11(2)15(23)26-28(17)27;1-6-8-22-16(21)12(7-2)10-13(14(19)18(4)5)9-11(3)15(20)23-25(17)24/h1,12-15,21H,7-11,27H2,2-5H3;10-13,22H,5-9,28H2,1-4H3;11-13H,5-10,27H2,1-4H3;1,11-13H,7-10,24H2,2-5H3. The zero-order chi connectivity index (χ0) is 85.7. The normalized spacial score (nSPS) is 15.5. The van der Waals surface area contributed by atoms with E-state index in [4.69, 9.17) is 42.9 Å². The average Bonchev–Trinajstić information content (AvgIpc) is 0.884. The zero-order valence-corrected chi connectivity index (χ0v) is 73.7. The Labute approximate surface area is 658 Å². The molecule has 0 rings (SSSR count). The molecule has 0 radical (unpaired) electrons. The number of halogens is 4. The fourth-order valence-electron chi connectivity index (χ4n) is 10.2. The first-order valence-electron chi connectivity index (χ1n) is 34.8. The molecule has 0 saturated heterocycles. The van der Waals surface area contributed by atoms with E-state index in [9.17, 15) is 84.5 Å². The molecule has 2 N–H and O–H groups in total. The molecular weight excluding hydrogens is 1610 g/mol. The van der Waals surface area contributed by atoms with Crippen molar-refractivity contribution in [2.45, 2.75) is 157 Å². The molecule has 0 aliphatic heterocycles. The second kappa shape index (κ2) is 63.8. The van der Waals surface area contributed by atoms with Gasteiger partial charge in [-0.25, -0.2) is 0 Å². The molecule has 0 aromatic carbocycles. The highest BCUT2D eigenvalue weighted by Crippen LogP contribution is 2.50. The molecule has 22 atom stereocenters. The lowest BCUT2D eigenvalue weighted by atomic mass is 9.85. The monoisotopic (exact) mass is 1720 g/mol. The molecule has 32 nitrogen and oxygen atoms in total. The number of rotatable bonds is 48. The second-order valence-corrected chi connectivity index (χ2v) is 33.8. The lowest BCUT2D eigenvalue weighted by molar-refractivity contribution is -0.154. The van der Waals surface area contributed by atoms with Crippen molar-refractivity contribution in [2.75, 3.05) is 95.9 Å². The predicted molar refractivity (Wildman–Crippen MR) is 424 cm³/mol. The molecule has 0 heterocycles. The van der Waals surface area contributed by atoms with Gasteiger partial charge in [-0.1, -0.05) is 71.5 Å². The van der Waals surface area contributed by atoms with E-state index in [1.807, 2.05) is 6.92 Å². The molecule has 628 valence electrons. The van der Waals surface area contributed by atoms with E-state index >= 15 is 0 Å². The van der Waals surface area contributed by atoms with Crippen LogP contribution in [0.2, 0.25) is 0 Å². The van der Waals surface area contributed by atoms with Crippen LogP contribution >= 0.6 is 68.3 Å². The predicted octanol–water partition coefficient (Wildman–Crippen LogP) is 12.6. The fourth-order valence-corrected chi connectivity index (χ4v) is 12.9. The molecule has 22 unspecified atom stereocenters. The molecule has 0 spiro atoms. The molecule has 110 heavy (non-hydrogen) atoms. The van der Waals surface area contributed by atoms with Gasteiger partial charge in [-0.15, -0.1) is 18.8 Å². The third-order valence-electron chi connectivity index (χ3n) is 16.2. The van der Waals surface area contributed by atoms with Crippen molar-refractivity contribution in [3.8, 4) is 24.7 Å². The van der Waals surface area contributed by atoms with Crippen molar-refractivity contribution < 1.29 is 122 Å². The Bertz CT molecular complexity index is 3030. The van der Waals surface area contributed by atoms with Crippen LogP contribution in [0.5, 0.6) is 0 Å². The largest absolute Gasteiger partial charge is 0.465 e. The minimum Gasteiger partial charge on any atom is -0.465 e. The highest BCUT2D eigenvalue weighted by atomic mass is 32.1. The van der Waals surface area contributed by atoms with Crippen LogP contribution in [-0.2, 0) is 94.6 Å². The van der Waals surface area contributed by atoms with Crippen molar-refractivity contribution in [1.82, 2.24) is 19.6 Å². The minimum atomic E-state index is -2.43. The molecule has 0 aromatic rings. The minimum absolute atomic E-state index is 0.0677. The Hall–Kier alpha value is -5.54. The average molecular weight is 1720 g/mol. The van der Waals surface area contributed by atoms with Crippen molar-refractivity contribution in [3.63, 3.8) is 0 Å². The van der Waals surface area contributed by atoms with E-state index in [2.05, 4.69) is 50.0 Å². The summed E-state index contributed by atoms with van der Waals surface area (Å²) in [7, 11) is 10.2. The van der Waals surface area contributed by atoms with Crippen LogP contribution in [0.4, 0.5) is 16.8 Å². The molecular formula is C66H114F4N10O22P8. The van der Waals surface area contributed by atoms with E-state index in [-0.39, 0.29) is 121 Å². The summed E-state index contributed by atoms with van der Waals surface area (Å²) in [4.78, 5) is 157. The lowest BCUT2D eigenvalue weighted by Crippen LogP contribution is -2.35. The molecule has 0 aromatic heterocycles. The molecule has 0 bridgehead atoms. The third-order valence-corrected chi connectivity index (χ3v) is 18.8. The van der Waals surface area contributed by atoms with Crippen LogP contribution < -0.4 is 0 Å². The van der Waals surface area contributed by atoms with E-state index < -0.39 is 164 Å². The van der Waals surface area contributed by atoms with Crippen molar-refractivity contribution in [3.05, 3.63) is 20.9 Å². The Morgan fingerprint density at radius 1 is 0.418 bits per heavy atom. The van der Waals surface area contributed by atoms with Gasteiger partial charge in [-0.2, -0.15) is 16.8 Å². The number of amides is 4. The first-order valence-corrected chi connectivity index (χ1v) is 45.9. The molecule has 0 aliphatic carbocycles. The van der Waals surface area contributed by atoms with Crippen molar-refractivity contribution >= 4 is 140 Å². The summed E-state index contributed by atoms with van der Waals surface area (Å²) in [5.41, 5.74) is 16.4. The molecule has 44 heteroatoms. The van der Waals surface area contributed by atoms with Gasteiger partial charge in [0.25, 0.3) is 32.6 Å². The topological polar surface area (TPSA) is 430 Å². The molecule has 0 fully saturated rings. The number of azide groups is 2. The number of terminal acetylenes is 2. The Kier molecular flexibility index (Phi) is 64.3. The van der Waals surface area contributed by atoms with Crippen LogP contribution in [-0.4, -0.2) is 209 Å². The molecule has 0 saturated carbocycles. The summed E-state index contributed by atoms with van der Waals surface area (Å²) < 4.78 is 90.3. The van der Waals surface area contributed by atoms with Crippen LogP contribution in [0.15, 0.2) is 10.2 Å². The van der Waals surface area contributed by atoms with E-state index in [0.29, 0.717) is 32.1 Å². The second-order valence-electron chi connectivity index (χ2n) is 26.0. The summed E-state index contributed by atoms with van der Waals surface area (Å²) in [5, 5.41) is 25.7. The summed E-state index contributed by atoms with van der Waals surface area (Å²) in [6.07, 6.45) is 11.6. The number of hydrogen-bond donors (Lipinski definition) is 2. The number of ether oxygens (including phenoxy) is 4. The Balaban J connectivity index is -0.000000682. The number of carbonyl (C=O) groups is 12. The van der Waals surface area contributed by atoms with Crippen molar-refractivity contribution in [1.29, 1.82) is 0 Å². The molecule has 4 amide bonds. The van der Waals surface area contributed by atoms with Gasteiger partial charge in [-0.05, 0) is 130 Å². The number of carbonyl (C=O) groups excluding carboxylic acids is 12. The number of esters is 4. The SMILES string of the molecule is C#CCC(O)COC(=O)C(CC)CC(CC(C)C(=O)OP(F)P)C(=O)N(C)C.C#CCOC(=O)C(CC)CC(CC(C)C(=O)OP(F)P)C(=O)N(C)C.CCC(CC(CC(C)C(=O)OP(F)P)C(=O)N(C)C)C(=O)OCC(O)CN=[N+]=[N-].CCC(CC(CC(C)C(=O)OP(F)P)C(=O)N(C)C)C(=O)OCCCN=[N+]=[N-]. The van der Waals surface area contributed by atoms with Gasteiger partial charge in [0.1, 0.15) is 13.2 Å². The number of nitrogens with zero attached hydrogens (tertiary/aromatic N) is 10. The maximum Gasteiger partial charge on any atom is 0.313 e. The lowest BCUT2D eigenvalue weighted by Gasteiger charge is -2.26. The van der Waals surface area contributed by atoms with Gasteiger partial charge in [0.2, 0.25) is 23.6 Å². The zero-order valence-electron chi connectivity index (χ0n) is 65.5. The maximum atomic E-state index is 12.9. The van der Waals surface area contributed by atoms with E-state index in [1.165, 1.54) is 26.5 Å². The number of hydrogen-bond acceptors (Lipinski definition) is 24. The number of aliphatic hydroxyl groups is 2. The Morgan fingerprint density at radius 2 is 0.682 bits per heavy atom. The van der Waals surface area contributed by atoms with Gasteiger partial charge in [0, 0.05) is 103 Å². The van der Waals surface area contributed by atoms with Gasteiger partial charge >= 0.3 is 47.8 Å². The van der Waals surface area contributed by atoms with Crippen LogP contribution in [0.3, 0.4) is 0 Å². The Morgan fingerprint density at radius 3 is 0.918 bits per heavy atom. The summed E-state index contributed by atoms with van der Waals surface area (Å²) in [6, 6.07) is 0. The highest BCUT2D eigenvalue weighted by molar-refractivity contribution is 8.09. The van der Waals surface area contributed by atoms with Crippen LogP contribution in [0.1, 0.15) is 145 Å². The molecule has 0 aliphatic rings. The van der Waals surface area contributed by atoms with Gasteiger partial charge in [0.05, 0.1) is 72.7 Å². The van der Waals surface area contributed by atoms with Gasteiger partial charge < -0.3 is 66.9 Å². The fraction of sp³-hybridized carbons (Fsp3) is 0.758. The van der Waals surface area contributed by atoms with E-state index in [1.54, 1.807) is 134 Å². The maximum absolute atomic E-state index is 12.9. The first kappa shape index (κ1) is 111. The summed E-state index contributed by atoms with van der Waals surface area (Å²) in [6.45, 7) is 12.8.